The molecule has 1 N–H and O–H groups in total. The minimum absolute atomic E-state index is 0.313. The Morgan fingerprint density at radius 3 is 2.70 bits per heavy atom. The SMILES string of the molecule is Cc1cc(C(=O)Nc2ccc(C#N)cc2Cl)c(C)nn1. The van der Waals surface area contributed by atoms with Crippen molar-refractivity contribution in [3.63, 3.8) is 0 Å². The molecule has 0 saturated heterocycles. The van der Waals surface area contributed by atoms with E-state index in [-0.39, 0.29) is 5.91 Å². The molecule has 1 aromatic heterocycles. The first-order valence-corrected chi connectivity index (χ1v) is 6.21. The van der Waals surface area contributed by atoms with E-state index >= 15 is 0 Å². The van der Waals surface area contributed by atoms with Gasteiger partial charge < -0.3 is 5.32 Å². The van der Waals surface area contributed by atoms with Crippen molar-refractivity contribution < 1.29 is 4.79 Å². The van der Waals surface area contributed by atoms with Gasteiger partial charge in [0, 0.05) is 0 Å². The molecule has 0 aliphatic rings. The zero-order valence-electron chi connectivity index (χ0n) is 10.9. The zero-order valence-corrected chi connectivity index (χ0v) is 11.7. The molecule has 0 bridgehead atoms. The number of anilines is 1. The number of benzene rings is 1. The molecule has 100 valence electrons. The second kappa shape index (κ2) is 5.68. The number of aromatic nitrogens is 2. The summed E-state index contributed by atoms with van der Waals surface area (Å²) in [7, 11) is 0. The minimum Gasteiger partial charge on any atom is -0.321 e. The van der Waals surface area contributed by atoms with Crippen molar-refractivity contribution in [2.75, 3.05) is 5.32 Å². The Morgan fingerprint density at radius 1 is 1.30 bits per heavy atom. The van der Waals surface area contributed by atoms with Crippen molar-refractivity contribution in [3.05, 3.63) is 51.8 Å². The van der Waals surface area contributed by atoms with Crippen LogP contribution in [-0.2, 0) is 0 Å². The first-order chi connectivity index (χ1) is 9.51. The van der Waals surface area contributed by atoms with E-state index < -0.39 is 0 Å². The van der Waals surface area contributed by atoms with Crippen LogP contribution in [0, 0.1) is 25.2 Å². The van der Waals surface area contributed by atoms with E-state index in [2.05, 4.69) is 15.5 Å². The van der Waals surface area contributed by atoms with Crippen molar-refractivity contribution >= 4 is 23.2 Å². The Hall–Kier alpha value is -2.45. The van der Waals surface area contributed by atoms with Gasteiger partial charge in [0.15, 0.2) is 0 Å². The first kappa shape index (κ1) is 14.0. The third-order valence-electron chi connectivity index (χ3n) is 2.69. The molecule has 0 atom stereocenters. The fourth-order valence-corrected chi connectivity index (χ4v) is 1.88. The molecule has 5 nitrogen and oxygen atoms in total. The van der Waals surface area contributed by atoms with E-state index in [9.17, 15) is 4.79 Å². The molecule has 0 unspecified atom stereocenters. The quantitative estimate of drug-likeness (QED) is 0.920. The van der Waals surface area contributed by atoms with Gasteiger partial charge in [-0.3, -0.25) is 4.79 Å². The minimum atomic E-state index is -0.313. The molecule has 0 fully saturated rings. The number of nitrogens with zero attached hydrogens (tertiary/aromatic N) is 3. The molecule has 1 amide bonds. The molecule has 1 aromatic carbocycles. The number of nitrogens with one attached hydrogen (secondary N) is 1. The number of rotatable bonds is 2. The van der Waals surface area contributed by atoms with E-state index in [1.807, 2.05) is 6.07 Å². The topological polar surface area (TPSA) is 78.7 Å². The van der Waals surface area contributed by atoms with Crippen molar-refractivity contribution in [1.82, 2.24) is 10.2 Å². The monoisotopic (exact) mass is 286 g/mol. The lowest BCUT2D eigenvalue weighted by atomic mass is 10.1. The highest BCUT2D eigenvalue weighted by Gasteiger charge is 2.13. The second-order valence-corrected chi connectivity index (χ2v) is 4.65. The maximum absolute atomic E-state index is 12.2. The molecular weight excluding hydrogens is 276 g/mol. The molecule has 2 rings (SSSR count). The van der Waals surface area contributed by atoms with E-state index in [4.69, 9.17) is 16.9 Å². The molecule has 1 heterocycles. The molecule has 0 saturated carbocycles. The number of nitriles is 1. The number of halogens is 1. The number of amides is 1. The van der Waals surface area contributed by atoms with Gasteiger partial charge in [0.2, 0.25) is 0 Å². The molecule has 2 aromatic rings. The van der Waals surface area contributed by atoms with Gasteiger partial charge in [-0.15, -0.1) is 0 Å². The normalized spacial score (nSPS) is 9.90. The van der Waals surface area contributed by atoms with Gasteiger partial charge in [0.25, 0.3) is 5.91 Å². The maximum atomic E-state index is 12.2. The van der Waals surface area contributed by atoms with Crippen LogP contribution in [0.5, 0.6) is 0 Å². The molecule has 0 aliphatic heterocycles. The third-order valence-corrected chi connectivity index (χ3v) is 3.00. The van der Waals surface area contributed by atoms with Gasteiger partial charge in [-0.25, -0.2) is 0 Å². The van der Waals surface area contributed by atoms with Gasteiger partial charge in [-0.1, -0.05) is 11.6 Å². The summed E-state index contributed by atoms with van der Waals surface area (Å²) < 4.78 is 0. The van der Waals surface area contributed by atoms with E-state index in [0.717, 1.165) is 0 Å². The fraction of sp³-hybridized carbons (Fsp3) is 0.143. The predicted octanol–water partition coefficient (Wildman–Crippen LogP) is 2.87. The van der Waals surface area contributed by atoms with Gasteiger partial charge in [-0.05, 0) is 38.1 Å². The third kappa shape index (κ3) is 2.92. The Balaban J connectivity index is 2.28. The van der Waals surface area contributed by atoms with Crippen LogP contribution < -0.4 is 5.32 Å². The highest BCUT2D eigenvalue weighted by Crippen LogP contribution is 2.23. The van der Waals surface area contributed by atoms with Crippen LogP contribution in [0.4, 0.5) is 5.69 Å². The van der Waals surface area contributed by atoms with Gasteiger partial charge >= 0.3 is 0 Å². The van der Waals surface area contributed by atoms with E-state index in [1.54, 1.807) is 32.0 Å². The number of carbonyl (C=O) groups excluding carboxylic acids is 1. The van der Waals surface area contributed by atoms with Crippen molar-refractivity contribution in [1.29, 1.82) is 5.26 Å². The lowest BCUT2D eigenvalue weighted by Gasteiger charge is -2.09. The van der Waals surface area contributed by atoms with Gasteiger partial charge in [0.1, 0.15) is 0 Å². The van der Waals surface area contributed by atoms with Gasteiger partial charge in [0.05, 0.1) is 39.3 Å². The maximum Gasteiger partial charge on any atom is 0.257 e. The van der Waals surface area contributed by atoms with Crippen LogP contribution in [0.1, 0.15) is 27.3 Å². The zero-order chi connectivity index (χ0) is 14.7. The van der Waals surface area contributed by atoms with Crippen LogP contribution in [0.2, 0.25) is 5.02 Å². The number of hydrogen-bond acceptors (Lipinski definition) is 4. The highest BCUT2D eigenvalue weighted by molar-refractivity contribution is 6.34. The average Bonchev–Trinajstić information content (AvgIpc) is 2.43. The summed E-state index contributed by atoms with van der Waals surface area (Å²) in [5.41, 5.74) is 2.53. The van der Waals surface area contributed by atoms with E-state index in [1.165, 1.54) is 6.07 Å². The number of aryl methyl sites for hydroxylation is 2. The number of hydrogen-bond donors (Lipinski definition) is 1. The van der Waals surface area contributed by atoms with Crippen molar-refractivity contribution in [2.45, 2.75) is 13.8 Å². The van der Waals surface area contributed by atoms with Crippen LogP contribution >= 0.6 is 11.6 Å². The van der Waals surface area contributed by atoms with Crippen LogP contribution in [0.15, 0.2) is 24.3 Å². The summed E-state index contributed by atoms with van der Waals surface area (Å²) in [6, 6.07) is 8.32. The van der Waals surface area contributed by atoms with Crippen molar-refractivity contribution in [2.24, 2.45) is 0 Å². The lowest BCUT2D eigenvalue weighted by molar-refractivity contribution is 0.102. The summed E-state index contributed by atoms with van der Waals surface area (Å²) in [5.74, 6) is -0.313. The molecular formula is C14H11ClN4O. The van der Waals surface area contributed by atoms with Crippen LogP contribution in [-0.4, -0.2) is 16.1 Å². The van der Waals surface area contributed by atoms with Crippen LogP contribution in [0.25, 0.3) is 0 Å². The summed E-state index contributed by atoms with van der Waals surface area (Å²) in [6.45, 7) is 3.47. The number of carbonyl (C=O) groups is 1. The smallest absolute Gasteiger partial charge is 0.257 e. The Kier molecular flexibility index (Phi) is 3.97. The summed E-state index contributed by atoms with van der Waals surface area (Å²) >= 11 is 6.02. The summed E-state index contributed by atoms with van der Waals surface area (Å²) in [4.78, 5) is 12.2. The molecule has 0 aliphatic carbocycles. The molecule has 20 heavy (non-hydrogen) atoms. The van der Waals surface area contributed by atoms with Crippen molar-refractivity contribution in [3.8, 4) is 6.07 Å². The summed E-state index contributed by atoms with van der Waals surface area (Å²) in [5, 5.41) is 19.6. The highest BCUT2D eigenvalue weighted by atomic mass is 35.5. The second-order valence-electron chi connectivity index (χ2n) is 4.25. The lowest BCUT2D eigenvalue weighted by Crippen LogP contribution is -2.15. The largest absolute Gasteiger partial charge is 0.321 e. The van der Waals surface area contributed by atoms with Gasteiger partial charge in [-0.2, -0.15) is 15.5 Å². The average molecular weight is 287 g/mol. The Bertz CT molecular complexity index is 722. The predicted molar refractivity (Wildman–Crippen MR) is 75.6 cm³/mol. The molecule has 0 radical (unpaired) electrons. The molecule has 6 heteroatoms. The molecule has 0 spiro atoms. The standard InChI is InChI=1S/C14H11ClN4O/c1-8-5-11(9(2)19-18-8)14(20)17-13-4-3-10(7-16)6-12(13)15/h3-6H,1-2H3,(H,17,20). The Labute approximate surface area is 121 Å². The van der Waals surface area contributed by atoms with E-state index in [0.29, 0.717) is 33.2 Å². The first-order valence-electron chi connectivity index (χ1n) is 5.83. The fourth-order valence-electron chi connectivity index (χ4n) is 1.66. The Morgan fingerprint density at radius 2 is 2.05 bits per heavy atom. The summed E-state index contributed by atoms with van der Waals surface area (Å²) in [6.07, 6.45) is 0. The van der Waals surface area contributed by atoms with Crippen LogP contribution in [0.3, 0.4) is 0 Å².